The van der Waals surface area contributed by atoms with E-state index in [2.05, 4.69) is 17.3 Å². The fraction of sp³-hybridized carbons (Fsp3) is 0.529. The summed E-state index contributed by atoms with van der Waals surface area (Å²) in [5.74, 6) is -0.349. The summed E-state index contributed by atoms with van der Waals surface area (Å²) in [7, 11) is -1.48. The van der Waals surface area contributed by atoms with Crippen LogP contribution in [0.15, 0.2) is 29.4 Å². The number of rotatable bonds is 6. The summed E-state index contributed by atoms with van der Waals surface area (Å²) >= 11 is 0. The number of carbonyl (C=O) groups is 1. The van der Waals surface area contributed by atoms with Crippen molar-refractivity contribution in [2.75, 3.05) is 6.26 Å². The Morgan fingerprint density at radius 2 is 2.04 bits per heavy atom. The van der Waals surface area contributed by atoms with Crippen molar-refractivity contribution in [3.05, 3.63) is 35.4 Å². The molecule has 0 spiro atoms. The summed E-state index contributed by atoms with van der Waals surface area (Å²) < 4.78 is 10.5. The van der Waals surface area contributed by atoms with Gasteiger partial charge in [0.15, 0.2) is 0 Å². The summed E-state index contributed by atoms with van der Waals surface area (Å²) in [6.07, 6.45) is 4.34. The molecule has 1 saturated carbocycles. The Kier molecular flexibility index (Phi) is 4.27. The second kappa shape index (κ2) is 6.07. The third kappa shape index (κ3) is 3.32. The van der Waals surface area contributed by atoms with Gasteiger partial charge in [-0.15, -0.1) is 0 Å². The molecule has 0 bridgehead atoms. The Hall–Kier alpha value is -1.69. The van der Waals surface area contributed by atoms with Crippen molar-refractivity contribution in [1.29, 1.82) is 0 Å². The van der Waals surface area contributed by atoms with Gasteiger partial charge in [-0.3, -0.25) is 9.00 Å². The maximum absolute atomic E-state index is 11.8. The van der Waals surface area contributed by atoms with Crippen LogP contribution in [-0.2, 0) is 20.4 Å². The Labute approximate surface area is 138 Å². The highest BCUT2D eigenvalue weighted by molar-refractivity contribution is 7.86. The number of carboxylic acid groups (broad SMARTS) is 1. The van der Waals surface area contributed by atoms with E-state index in [1.165, 1.54) is 31.6 Å². The van der Waals surface area contributed by atoms with Crippen LogP contribution in [0, 0.1) is 0 Å². The highest BCUT2D eigenvalue weighted by Gasteiger charge is 2.42. The number of nitrogens with zero attached hydrogens (tertiary/aromatic N) is 1. The fourth-order valence-corrected chi connectivity index (χ4v) is 3.50. The lowest BCUT2D eigenvalue weighted by molar-refractivity contribution is -0.140. The molecule has 1 N–H and O–H groups in total. The van der Waals surface area contributed by atoms with Gasteiger partial charge in [0.1, 0.15) is 10.9 Å². The van der Waals surface area contributed by atoms with Crippen molar-refractivity contribution in [2.24, 2.45) is 5.16 Å². The number of hydrogen-bond donors (Lipinski definition) is 1. The number of hydrogen-bond acceptors (Lipinski definition) is 4. The lowest BCUT2D eigenvalue weighted by Crippen LogP contribution is -2.42. The van der Waals surface area contributed by atoms with Gasteiger partial charge in [0, 0.05) is 29.9 Å². The molecule has 1 aliphatic heterocycles. The molecule has 3 unspecified atom stereocenters. The summed E-state index contributed by atoms with van der Waals surface area (Å²) in [5, 5.41) is 13.5. The van der Waals surface area contributed by atoms with Crippen LogP contribution in [0.3, 0.4) is 0 Å². The molecule has 0 radical (unpaired) electrons. The first-order valence-corrected chi connectivity index (χ1v) is 9.36. The molecule has 124 valence electrons. The van der Waals surface area contributed by atoms with Gasteiger partial charge in [0.2, 0.25) is 0 Å². The van der Waals surface area contributed by atoms with Crippen LogP contribution >= 0.6 is 0 Å². The van der Waals surface area contributed by atoms with Gasteiger partial charge in [-0.1, -0.05) is 29.4 Å². The highest BCUT2D eigenvalue weighted by atomic mass is 32.2. The minimum absolute atomic E-state index is 0.179. The monoisotopic (exact) mass is 335 g/mol. The molecule has 1 fully saturated rings. The number of carboxylic acids is 1. The van der Waals surface area contributed by atoms with Crippen molar-refractivity contribution in [3.8, 4) is 0 Å². The van der Waals surface area contributed by atoms with Crippen LogP contribution in [0.2, 0.25) is 0 Å². The predicted molar refractivity (Wildman–Crippen MR) is 89.2 cm³/mol. The van der Waals surface area contributed by atoms with E-state index >= 15 is 0 Å². The van der Waals surface area contributed by atoms with E-state index in [0.29, 0.717) is 6.42 Å². The van der Waals surface area contributed by atoms with Crippen molar-refractivity contribution in [3.63, 3.8) is 0 Å². The van der Waals surface area contributed by atoms with Crippen LogP contribution in [0.5, 0.6) is 0 Å². The molecule has 1 heterocycles. The van der Waals surface area contributed by atoms with Gasteiger partial charge in [0.05, 0.1) is 5.71 Å². The van der Waals surface area contributed by atoms with Crippen molar-refractivity contribution in [2.45, 2.75) is 49.4 Å². The summed E-state index contributed by atoms with van der Waals surface area (Å²) in [6.45, 7) is 1.50. The van der Waals surface area contributed by atoms with Gasteiger partial charge in [-0.2, -0.15) is 0 Å². The molecule has 1 aliphatic carbocycles. The predicted octanol–water partition coefficient (Wildman–Crippen LogP) is 2.67. The molecule has 0 amide bonds. The maximum atomic E-state index is 11.8. The van der Waals surface area contributed by atoms with E-state index in [1.807, 2.05) is 12.1 Å². The third-order valence-corrected chi connectivity index (χ3v) is 6.34. The van der Waals surface area contributed by atoms with Crippen molar-refractivity contribution >= 4 is 22.5 Å². The quantitative estimate of drug-likeness (QED) is 0.867. The van der Waals surface area contributed by atoms with Gasteiger partial charge >= 0.3 is 5.97 Å². The number of oxime groups is 1. The molecular weight excluding hydrogens is 314 g/mol. The fourth-order valence-electron chi connectivity index (χ4n) is 2.83. The van der Waals surface area contributed by atoms with Crippen LogP contribution in [0.25, 0.3) is 0 Å². The van der Waals surface area contributed by atoms with E-state index in [4.69, 9.17) is 4.84 Å². The summed E-state index contributed by atoms with van der Waals surface area (Å²) in [6, 6.07) is 8.36. The summed E-state index contributed by atoms with van der Waals surface area (Å²) in [5.41, 5.74) is 3.20. The molecule has 1 aromatic rings. The first-order chi connectivity index (χ1) is 10.9. The van der Waals surface area contributed by atoms with E-state index in [1.54, 1.807) is 0 Å². The molecule has 3 atom stereocenters. The van der Waals surface area contributed by atoms with E-state index in [9.17, 15) is 14.1 Å². The summed E-state index contributed by atoms with van der Waals surface area (Å²) in [4.78, 5) is 16.8. The zero-order valence-corrected chi connectivity index (χ0v) is 14.1. The smallest absolute Gasteiger partial charge is 0.322 e. The largest absolute Gasteiger partial charge is 0.480 e. The van der Waals surface area contributed by atoms with Gasteiger partial charge in [-0.25, -0.2) is 0 Å². The van der Waals surface area contributed by atoms with E-state index < -0.39 is 21.5 Å². The molecular formula is C17H21NO4S. The SMILES string of the molecule is CS(=O)C(C)(CC1CC(c2ccc(C3CC3)cc2)=NO1)C(=O)O. The maximum Gasteiger partial charge on any atom is 0.322 e. The van der Waals surface area contributed by atoms with Crippen molar-refractivity contribution < 1.29 is 18.9 Å². The van der Waals surface area contributed by atoms with Gasteiger partial charge in [0.25, 0.3) is 0 Å². The Morgan fingerprint density at radius 3 is 2.57 bits per heavy atom. The average Bonchev–Trinajstić information content (AvgIpc) is 3.27. The molecule has 2 aliphatic rings. The van der Waals surface area contributed by atoms with Crippen LogP contribution < -0.4 is 0 Å². The second-order valence-electron chi connectivity index (χ2n) is 6.56. The molecule has 6 heteroatoms. The van der Waals surface area contributed by atoms with Gasteiger partial charge < -0.3 is 9.94 Å². The molecule has 0 saturated heterocycles. The zero-order valence-electron chi connectivity index (χ0n) is 13.3. The molecule has 0 aromatic heterocycles. The minimum atomic E-state index is -1.48. The Morgan fingerprint density at radius 1 is 1.39 bits per heavy atom. The van der Waals surface area contributed by atoms with Crippen LogP contribution in [-0.4, -0.2) is 38.1 Å². The Balaban J connectivity index is 1.65. The lowest BCUT2D eigenvalue weighted by Gasteiger charge is -2.24. The normalized spacial score (nSPS) is 24.4. The second-order valence-corrected chi connectivity index (χ2v) is 8.37. The van der Waals surface area contributed by atoms with Crippen molar-refractivity contribution in [1.82, 2.24) is 0 Å². The average molecular weight is 335 g/mol. The highest BCUT2D eigenvalue weighted by Crippen LogP contribution is 2.40. The molecule has 5 nitrogen and oxygen atoms in total. The number of benzene rings is 1. The third-order valence-electron chi connectivity index (χ3n) is 4.73. The van der Waals surface area contributed by atoms with E-state index in [-0.39, 0.29) is 12.5 Å². The minimum Gasteiger partial charge on any atom is -0.480 e. The molecule has 23 heavy (non-hydrogen) atoms. The lowest BCUT2D eigenvalue weighted by atomic mass is 9.96. The first-order valence-electron chi connectivity index (χ1n) is 7.80. The topological polar surface area (TPSA) is 76.0 Å². The Bertz CT molecular complexity index is 650. The standard InChI is InChI=1S/C17H21NO4S/c1-17(16(19)20,23(2)21)10-14-9-15(18-22-14)13-7-5-12(6-8-13)11-3-4-11/h5-8,11,14H,3-4,9-10H2,1-2H3,(H,19,20). The van der Waals surface area contributed by atoms with E-state index in [0.717, 1.165) is 17.2 Å². The first kappa shape index (κ1) is 16.2. The van der Waals surface area contributed by atoms with Gasteiger partial charge in [-0.05, 0) is 36.8 Å². The van der Waals surface area contributed by atoms with Crippen LogP contribution in [0.4, 0.5) is 0 Å². The van der Waals surface area contributed by atoms with Crippen LogP contribution in [0.1, 0.15) is 49.7 Å². The zero-order chi connectivity index (χ0) is 16.6. The molecule has 3 rings (SSSR count). The molecule has 1 aromatic carbocycles. The number of aliphatic carboxylic acids is 1.